The molecule has 0 N–H and O–H groups in total. The summed E-state index contributed by atoms with van der Waals surface area (Å²) in [5, 5.41) is 0. The highest BCUT2D eigenvalue weighted by molar-refractivity contribution is 5.29. The maximum atomic E-state index is 5.95. The molecular formula is C18H20N6O. The van der Waals surface area contributed by atoms with Gasteiger partial charge in [-0.15, -0.1) is 0 Å². The Morgan fingerprint density at radius 1 is 1.04 bits per heavy atom. The van der Waals surface area contributed by atoms with Crippen LogP contribution in [0.1, 0.15) is 11.4 Å². The first-order chi connectivity index (χ1) is 12.4. The van der Waals surface area contributed by atoms with E-state index in [1.54, 1.807) is 18.6 Å². The molecule has 0 aliphatic carbocycles. The van der Waals surface area contributed by atoms with E-state index in [1.165, 1.54) is 0 Å². The summed E-state index contributed by atoms with van der Waals surface area (Å²) in [5.74, 6) is 2.09. The van der Waals surface area contributed by atoms with E-state index in [2.05, 4.69) is 29.4 Å². The van der Waals surface area contributed by atoms with Crippen molar-refractivity contribution in [3.8, 4) is 0 Å². The summed E-state index contributed by atoms with van der Waals surface area (Å²) in [6.07, 6.45) is 11.0. The molecule has 128 valence electrons. The van der Waals surface area contributed by atoms with Gasteiger partial charge in [-0.05, 0) is 17.7 Å². The van der Waals surface area contributed by atoms with Crippen LogP contribution in [0.15, 0.2) is 55.4 Å². The predicted molar refractivity (Wildman–Crippen MR) is 92.7 cm³/mol. The van der Waals surface area contributed by atoms with E-state index < -0.39 is 0 Å². The zero-order valence-corrected chi connectivity index (χ0v) is 13.9. The fourth-order valence-corrected chi connectivity index (χ4v) is 3.08. The predicted octanol–water partition coefficient (Wildman–Crippen LogP) is 1.92. The molecule has 3 aromatic heterocycles. The van der Waals surface area contributed by atoms with E-state index >= 15 is 0 Å². The van der Waals surface area contributed by atoms with Gasteiger partial charge in [0.1, 0.15) is 5.82 Å². The number of anilines is 1. The zero-order chi connectivity index (χ0) is 16.9. The van der Waals surface area contributed by atoms with Gasteiger partial charge < -0.3 is 14.2 Å². The molecule has 0 aromatic carbocycles. The standard InChI is InChI=1S/C18H20N6O/c1-3-15(9-19-4-1)13-25-14-16-10-23-8-7-20-17(23)12-24(11-16)18-21-5-2-6-22-18/h1-9,16H,10-14H2/t16-/m1/s1. The van der Waals surface area contributed by atoms with Gasteiger partial charge in [0.2, 0.25) is 5.95 Å². The number of ether oxygens (including phenoxy) is 1. The van der Waals surface area contributed by atoms with Crippen molar-refractivity contribution < 1.29 is 4.74 Å². The van der Waals surface area contributed by atoms with E-state index in [0.29, 0.717) is 25.7 Å². The first-order valence-corrected chi connectivity index (χ1v) is 8.37. The molecule has 7 nitrogen and oxygen atoms in total. The lowest BCUT2D eigenvalue weighted by molar-refractivity contribution is 0.0839. The van der Waals surface area contributed by atoms with E-state index in [0.717, 1.165) is 30.4 Å². The summed E-state index contributed by atoms with van der Waals surface area (Å²) < 4.78 is 8.14. The molecular weight excluding hydrogens is 316 g/mol. The third-order valence-corrected chi connectivity index (χ3v) is 4.25. The minimum atomic E-state index is 0.330. The molecule has 4 rings (SSSR count). The summed E-state index contributed by atoms with van der Waals surface area (Å²) in [6.45, 7) is 3.65. The summed E-state index contributed by atoms with van der Waals surface area (Å²) in [7, 11) is 0. The fourth-order valence-electron chi connectivity index (χ4n) is 3.08. The second-order valence-electron chi connectivity index (χ2n) is 6.17. The van der Waals surface area contributed by atoms with Crippen molar-refractivity contribution in [3.05, 3.63) is 66.8 Å². The Balaban J connectivity index is 1.45. The van der Waals surface area contributed by atoms with Gasteiger partial charge >= 0.3 is 0 Å². The molecule has 0 saturated heterocycles. The molecule has 0 fully saturated rings. The van der Waals surface area contributed by atoms with Gasteiger partial charge in [0.15, 0.2) is 0 Å². The van der Waals surface area contributed by atoms with Gasteiger partial charge in [-0.25, -0.2) is 15.0 Å². The fraction of sp³-hybridized carbons (Fsp3) is 0.333. The summed E-state index contributed by atoms with van der Waals surface area (Å²) in [4.78, 5) is 19.5. The molecule has 1 aliphatic heterocycles. The molecule has 0 saturated carbocycles. The SMILES string of the molecule is c1cnc(N2Cc3nccn3C[C@@H](COCc3cccnc3)C2)nc1. The topological polar surface area (TPSA) is 69.0 Å². The van der Waals surface area contributed by atoms with Crippen molar-refractivity contribution >= 4 is 5.95 Å². The molecule has 1 atom stereocenters. The van der Waals surface area contributed by atoms with Crippen LogP contribution in [0.25, 0.3) is 0 Å². The quantitative estimate of drug-likeness (QED) is 0.709. The summed E-state index contributed by atoms with van der Waals surface area (Å²) in [5.41, 5.74) is 1.09. The molecule has 4 heterocycles. The Bertz CT molecular complexity index is 792. The number of rotatable bonds is 5. The number of pyridine rings is 1. The van der Waals surface area contributed by atoms with Crippen molar-refractivity contribution in [1.82, 2.24) is 24.5 Å². The van der Waals surface area contributed by atoms with Crippen LogP contribution in [0.2, 0.25) is 0 Å². The molecule has 1 aliphatic rings. The first kappa shape index (κ1) is 15.7. The number of imidazole rings is 1. The molecule has 0 unspecified atom stereocenters. The average Bonchev–Trinajstić information content (AvgIpc) is 3.02. The second kappa shape index (κ2) is 7.40. The normalized spacial score (nSPS) is 17.1. The van der Waals surface area contributed by atoms with Crippen LogP contribution in [0.3, 0.4) is 0 Å². The smallest absolute Gasteiger partial charge is 0.225 e. The first-order valence-electron chi connectivity index (χ1n) is 8.37. The van der Waals surface area contributed by atoms with Crippen LogP contribution in [-0.2, 0) is 24.4 Å². The summed E-state index contributed by atoms with van der Waals surface area (Å²) >= 11 is 0. The lowest BCUT2D eigenvalue weighted by atomic mass is 10.1. The molecule has 3 aromatic rings. The minimum absolute atomic E-state index is 0.330. The molecule has 25 heavy (non-hydrogen) atoms. The van der Waals surface area contributed by atoms with Crippen molar-refractivity contribution in [2.24, 2.45) is 5.92 Å². The van der Waals surface area contributed by atoms with E-state index in [9.17, 15) is 0 Å². The second-order valence-corrected chi connectivity index (χ2v) is 6.17. The molecule has 0 spiro atoms. The lowest BCUT2D eigenvalue weighted by Gasteiger charge is -2.23. The average molecular weight is 336 g/mol. The number of hydrogen-bond donors (Lipinski definition) is 0. The molecule has 0 bridgehead atoms. The Morgan fingerprint density at radius 3 is 2.80 bits per heavy atom. The molecule has 0 radical (unpaired) electrons. The Hall–Kier alpha value is -2.80. The van der Waals surface area contributed by atoms with Crippen LogP contribution < -0.4 is 4.90 Å². The highest BCUT2D eigenvalue weighted by Gasteiger charge is 2.24. The Kier molecular flexibility index (Phi) is 4.65. The van der Waals surface area contributed by atoms with Crippen molar-refractivity contribution in [2.45, 2.75) is 19.7 Å². The molecule has 7 heteroatoms. The van der Waals surface area contributed by atoms with E-state index in [-0.39, 0.29) is 0 Å². The lowest BCUT2D eigenvalue weighted by Crippen LogP contribution is -2.31. The zero-order valence-electron chi connectivity index (χ0n) is 13.9. The van der Waals surface area contributed by atoms with Gasteiger partial charge in [-0.1, -0.05) is 6.07 Å². The Labute approximate surface area is 146 Å². The van der Waals surface area contributed by atoms with Gasteiger partial charge in [-0.3, -0.25) is 4.98 Å². The maximum absolute atomic E-state index is 5.95. The van der Waals surface area contributed by atoms with Crippen molar-refractivity contribution in [1.29, 1.82) is 0 Å². The van der Waals surface area contributed by atoms with Gasteiger partial charge in [-0.2, -0.15) is 0 Å². The van der Waals surface area contributed by atoms with E-state index in [4.69, 9.17) is 4.74 Å². The Morgan fingerprint density at radius 2 is 1.96 bits per heavy atom. The van der Waals surface area contributed by atoms with Crippen LogP contribution in [0.5, 0.6) is 0 Å². The number of aromatic nitrogens is 5. The van der Waals surface area contributed by atoms with Crippen molar-refractivity contribution in [2.75, 3.05) is 18.1 Å². The minimum Gasteiger partial charge on any atom is -0.376 e. The monoisotopic (exact) mass is 336 g/mol. The van der Waals surface area contributed by atoms with Gasteiger partial charge in [0.25, 0.3) is 0 Å². The van der Waals surface area contributed by atoms with Crippen LogP contribution in [0, 0.1) is 5.92 Å². The number of hydrogen-bond acceptors (Lipinski definition) is 6. The highest BCUT2D eigenvalue weighted by Crippen LogP contribution is 2.19. The van der Waals surface area contributed by atoms with Crippen LogP contribution >= 0.6 is 0 Å². The highest BCUT2D eigenvalue weighted by atomic mass is 16.5. The van der Waals surface area contributed by atoms with Crippen LogP contribution in [-0.4, -0.2) is 37.7 Å². The number of nitrogens with zero attached hydrogens (tertiary/aromatic N) is 6. The largest absolute Gasteiger partial charge is 0.376 e. The van der Waals surface area contributed by atoms with Crippen molar-refractivity contribution in [3.63, 3.8) is 0 Å². The third-order valence-electron chi connectivity index (χ3n) is 4.25. The summed E-state index contributed by atoms with van der Waals surface area (Å²) in [6, 6.07) is 5.78. The van der Waals surface area contributed by atoms with Gasteiger partial charge in [0.05, 0.1) is 19.8 Å². The van der Waals surface area contributed by atoms with Gasteiger partial charge in [0, 0.05) is 56.2 Å². The van der Waals surface area contributed by atoms with E-state index in [1.807, 2.05) is 36.8 Å². The molecule has 0 amide bonds. The third kappa shape index (κ3) is 3.83. The number of fused-ring (bicyclic) bond motifs is 1. The maximum Gasteiger partial charge on any atom is 0.225 e. The van der Waals surface area contributed by atoms with Crippen LogP contribution in [0.4, 0.5) is 5.95 Å².